The van der Waals surface area contributed by atoms with E-state index in [1.807, 2.05) is 12.1 Å². The first-order chi connectivity index (χ1) is 7.76. The molecule has 0 aliphatic carbocycles. The predicted molar refractivity (Wildman–Crippen MR) is 59.7 cm³/mol. The largest absolute Gasteiger partial charge is 0.496 e. The summed E-state index contributed by atoms with van der Waals surface area (Å²) in [7, 11) is 2.94. The first-order valence-electron chi connectivity index (χ1n) is 5.25. The molecule has 4 heteroatoms. The molecule has 0 fully saturated rings. The number of esters is 1. The van der Waals surface area contributed by atoms with Gasteiger partial charge in [-0.15, -0.1) is 0 Å². The molecule has 0 saturated carbocycles. The van der Waals surface area contributed by atoms with Gasteiger partial charge in [0.2, 0.25) is 0 Å². The lowest BCUT2D eigenvalue weighted by molar-refractivity contribution is 0.0597. The summed E-state index contributed by atoms with van der Waals surface area (Å²) in [6.07, 6.45) is 0.934. The van der Waals surface area contributed by atoms with E-state index in [0.29, 0.717) is 11.3 Å². The molecule has 0 saturated heterocycles. The summed E-state index contributed by atoms with van der Waals surface area (Å²) < 4.78 is 9.94. The Labute approximate surface area is 94.6 Å². The minimum absolute atomic E-state index is 0.349. The van der Waals surface area contributed by atoms with Crippen LogP contribution in [0.2, 0.25) is 0 Å². The molecule has 0 atom stereocenters. The second-order valence-corrected chi connectivity index (χ2v) is 3.74. The van der Waals surface area contributed by atoms with Crippen molar-refractivity contribution in [3.05, 3.63) is 28.8 Å². The van der Waals surface area contributed by atoms with Crippen molar-refractivity contribution in [3.8, 4) is 5.75 Å². The predicted octanol–water partition coefficient (Wildman–Crippen LogP) is 1.13. The molecular weight excluding hydrogens is 206 g/mol. The number of hydrogen-bond acceptors (Lipinski definition) is 4. The molecule has 16 heavy (non-hydrogen) atoms. The summed E-state index contributed by atoms with van der Waals surface area (Å²) in [5.41, 5.74) is 2.89. The molecule has 2 rings (SSSR count). The molecule has 1 heterocycles. The molecular formula is C12H15NO3. The van der Waals surface area contributed by atoms with E-state index < -0.39 is 0 Å². The lowest BCUT2D eigenvalue weighted by Gasteiger charge is -2.19. The van der Waals surface area contributed by atoms with Crippen LogP contribution in [0.3, 0.4) is 0 Å². The molecule has 0 radical (unpaired) electrons. The van der Waals surface area contributed by atoms with Crippen molar-refractivity contribution in [1.29, 1.82) is 0 Å². The van der Waals surface area contributed by atoms with E-state index >= 15 is 0 Å². The standard InChI is InChI=1S/C12H15NO3/c1-15-11-6-9-7-13-4-3-8(9)5-10(11)12(14)16-2/h5-6,13H,3-4,7H2,1-2H3. The van der Waals surface area contributed by atoms with Crippen LogP contribution in [0.4, 0.5) is 0 Å². The van der Waals surface area contributed by atoms with Crippen molar-refractivity contribution in [2.45, 2.75) is 13.0 Å². The van der Waals surface area contributed by atoms with Gasteiger partial charge in [-0.3, -0.25) is 0 Å². The van der Waals surface area contributed by atoms with Crippen molar-refractivity contribution < 1.29 is 14.3 Å². The summed E-state index contributed by atoms with van der Waals surface area (Å²) in [5, 5.41) is 3.28. The Morgan fingerprint density at radius 3 is 2.81 bits per heavy atom. The number of rotatable bonds is 2. The molecule has 1 aliphatic heterocycles. The van der Waals surface area contributed by atoms with Gasteiger partial charge in [-0.2, -0.15) is 0 Å². The van der Waals surface area contributed by atoms with Gasteiger partial charge in [0.15, 0.2) is 0 Å². The average molecular weight is 221 g/mol. The smallest absolute Gasteiger partial charge is 0.341 e. The minimum Gasteiger partial charge on any atom is -0.496 e. The van der Waals surface area contributed by atoms with Crippen LogP contribution in [0.5, 0.6) is 5.75 Å². The van der Waals surface area contributed by atoms with E-state index in [-0.39, 0.29) is 5.97 Å². The number of nitrogens with one attached hydrogen (secondary N) is 1. The topological polar surface area (TPSA) is 47.6 Å². The van der Waals surface area contributed by atoms with Gasteiger partial charge in [-0.1, -0.05) is 0 Å². The number of hydrogen-bond donors (Lipinski definition) is 1. The number of ether oxygens (including phenoxy) is 2. The van der Waals surface area contributed by atoms with Gasteiger partial charge in [0, 0.05) is 6.54 Å². The number of carbonyl (C=O) groups excluding carboxylic acids is 1. The highest BCUT2D eigenvalue weighted by molar-refractivity contribution is 5.92. The monoisotopic (exact) mass is 221 g/mol. The molecule has 0 aromatic heterocycles. The van der Waals surface area contributed by atoms with Crippen LogP contribution in [0.25, 0.3) is 0 Å². The quantitative estimate of drug-likeness (QED) is 0.760. The van der Waals surface area contributed by atoms with Gasteiger partial charge in [-0.05, 0) is 36.2 Å². The van der Waals surface area contributed by atoms with Crippen LogP contribution < -0.4 is 10.1 Å². The molecule has 0 amide bonds. The van der Waals surface area contributed by atoms with Gasteiger partial charge in [0.1, 0.15) is 11.3 Å². The zero-order valence-corrected chi connectivity index (χ0v) is 9.50. The van der Waals surface area contributed by atoms with Gasteiger partial charge in [0.05, 0.1) is 14.2 Å². The Bertz CT molecular complexity index is 415. The van der Waals surface area contributed by atoms with Crippen LogP contribution in [0.15, 0.2) is 12.1 Å². The maximum Gasteiger partial charge on any atom is 0.341 e. The van der Waals surface area contributed by atoms with Gasteiger partial charge < -0.3 is 14.8 Å². The Morgan fingerprint density at radius 2 is 2.12 bits per heavy atom. The van der Waals surface area contributed by atoms with Crippen LogP contribution in [0, 0.1) is 0 Å². The number of carbonyl (C=O) groups is 1. The molecule has 1 N–H and O–H groups in total. The van der Waals surface area contributed by atoms with Crippen molar-refractivity contribution in [2.24, 2.45) is 0 Å². The lowest BCUT2D eigenvalue weighted by Crippen LogP contribution is -2.24. The van der Waals surface area contributed by atoms with Crippen LogP contribution in [-0.4, -0.2) is 26.7 Å². The maximum atomic E-state index is 11.6. The molecule has 86 valence electrons. The Kier molecular flexibility index (Phi) is 3.10. The van der Waals surface area contributed by atoms with Crippen LogP contribution in [-0.2, 0) is 17.7 Å². The SMILES string of the molecule is COC(=O)c1cc2c(cc1OC)CNCC2. The van der Waals surface area contributed by atoms with Gasteiger partial charge in [-0.25, -0.2) is 4.79 Å². The molecule has 1 aromatic carbocycles. The van der Waals surface area contributed by atoms with E-state index in [0.717, 1.165) is 19.5 Å². The second kappa shape index (κ2) is 4.53. The third kappa shape index (κ3) is 1.88. The number of methoxy groups -OCH3 is 2. The first kappa shape index (κ1) is 11.0. The van der Waals surface area contributed by atoms with Crippen molar-refractivity contribution in [3.63, 3.8) is 0 Å². The summed E-state index contributed by atoms with van der Waals surface area (Å²) in [5.74, 6) is 0.229. The molecule has 1 aromatic rings. The van der Waals surface area contributed by atoms with E-state index in [9.17, 15) is 4.79 Å². The minimum atomic E-state index is -0.349. The summed E-state index contributed by atoms with van der Waals surface area (Å²) >= 11 is 0. The third-order valence-corrected chi connectivity index (χ3v) is 2.81. The van der Waals surface area contributed by atoms with Crippen molar-refractivity contribution >= 4 is 5.97 Å². The van der Waals surface area contributed by atoms with E-state index in [2.05, 4.69) is 5.32 Å². The highest BCUT2D eigenvalue weighted by Crippen LogP contribution is 2.26. The maximum absolute atomic E-state index is 11.6. The highest BCUT2D eigenvalue weighted by Gasteiger charge is 2.18. The molecule has 0 spiro atoms. The number of benzene rings is 1. The zero-order valence-electron chi connectivity index (χ0n) is 9.50. The molecule has 4 nitrogen and oxygen atoms in total. The van der Waals surface area contributed by atoms with Crippen LogP contribution >= 0.6 is 0 Å². The third-order valence-electron chi connectivity index (χ3n) is 2.81. The molecule has 0 unspecified atom stereocenters. The first-order valence-corrected chi connectivity index (χ1v) is 5.25. The summed E-state index contributed by atoms with van der Waals surface area (Å²) in [6.45, 7) is 1.77. The van der Waals surface area contributed by atoms with Crippen molar-refractivity contribution in [1.82, 2.24) is 5.32 Å². The summed E-state index contributed by atoms with van der Waals surface area (Å²) in [6, 6.07) is 3.79. The number of fused-ring (bicyclic) bond motifs is 1. The Balaban J connectivity index is 2.47. The average Bonchev–Trinajstić information content (AvgIpc) is 2.36. The van der Waals surface area contributed by atoms with E-state index in [1.165, 1.54) is 18.2 Å². The highest BCUT2D eigenvalue weighted by atomic mass is 16.5. The molecule has 0 bridgehead atoms. The fourth-order valence-corrected chi connectivity index (χ4v) is 1.95. The van der Waals surface area contributed by atoms with Crippen molar-refractivity contribution in [2.75, 3.05) is 20.8 Å². The fourth-order valence-electron chi connectivity index (χ4n) is 1.95. The molecule has 1 aliphatic rings. The van der Waals surface area contributed by atoms with Gasteiger partial charge >= 0.3 is 5.97 Å². The van der Waals surface area contributed by atoms with E-state index in [1.54, 1.807) is 7.11 Å². The van der Waals surface area contributed by atoms with Crippen LogP contribution in [0.1, 0.15) is 21.5 Å². The lowest BCUT2D eigenvalue weighted by atomic mass is 9.97. The van der Waals surface area contributed by atoms with Gasteiger partial charge in [0.25, 0.3) is 0 Å². The Hall–Kier alpha value is -1.55. The second-order valence-electron chi connectivity index (χ2n) is 3.74. The zero-order chi connectivity index (χ0) is 11.5. The fraction of sp³-hybridized carbons (Fsp3) is 0.417. The van der Waals surface area contributed by atoms with E-state index in [4.69, 9.17) is 9.47 Å². The Morgan fingerprint density at radius 1 is 1.31 bits per heavy atom. The summed E-state index contributed by atoms with van der Waals surface area (Å²) in [4.78, 5) is 11.6. The normalized spacial score (nSPS) is 14.1.